The number of benzene rings is 1. The average molecular weight is 472 g/mol. The van der Waals surface area contributed by atoms with Gasteiger partial charge in [0, 0.05) is 29.8 Å². The van der Waals surface area contributed by atoms with Gasteiger partial charge >= 0.3 is 0 Å². The molecule has 1 aliphatic carbocycles. The van der Waals surface area contributed by atoms with E-state index in [9.17, 15) is 9.90 Å². The van der Waals surface area contributed by atoms with E-state index in [4.69, 9.17) is 15.2 Å². The molecule has 3 aliphatic heterocycles. The van der Waals surface area contributed by atoms with Crippen LogP contribution in [0.4, 0.5) is 0 Å². The minimum atomic E-state index is -1.44. The van der Waals surface area contributed by atoms with E-state index in [1.807, 2.05) is 12.1 Å². The molecule has 3 aromatic rings. The van der Waals surface area contributed by atoms with E-state index in [1.165, 1.54) is 18.4 Å². The van der Waals surface area contributed by atoms with Gasteiger partial charge in [0.2, 0.25) is 0 Å². The minimum Gasteiger partial charge on any atom is -0.372 e. The number of amides is 1. The van der Waals surface area contributed by atoms with Gasteiger partial charge in [0.1, 0.15) is 17.3 Å². The number of primary amides is 1. The van der Waals surface area contributed by atoms with Gasteiger partial charge in [0.05, 0.1) is 5.69 Å². The number of hydrogen-bond donors (Lipinski definition) is 2. The summed E-state index contributed by atoms with van der Waals surface area (Å²) < 4.78 is 7.37. The fourth-order valence-corrected chi connectivity index (χ4v) is 5.64. The lowest BCUT2D eigenvalue weighted by atomic mass is 9.75. The third kappa shape index (κ3) is 3.76. The largest absolute Gasteiger partial charge is 0.372 e. The lowest BCUT2D eigenvalue weighted by Crippen LogP contribution is -2.28. The Balaban J connectivity index is 1.43. The van der Waals surface area contributed by atoms with Crippen LogP contribution in [0.1, 0.15) is 83.3 Å². The van der Waals surface area contributed by atoms with Crippen molar-refractivity contribution >= 4 is 5.91 Å². The van der Waals surface area contributed by atoms with Crippen LogP contribution >= 0.6 is 0 Å². The number of imidazole rings is 1. The lowest BCUT2D eigenvalue weighted by Gasteiger charge is -2.36. The Morgan fingerprint density at radius 1 is 1.29 bits per heavy atom. The highest BCUT2D eigenvalue weighted by Gasteiger charge is 2.41. The molecule has 0 unspecified atom stereocenters. The van der Waals surface area contributed by atoms with Crippen LogP contribution in [0.3, 0.4) is 0 Å². The molecule has 2 aromatic heterocycles. The van der Waals surface area contributed by atoms with Crippen LogP contribution in [0.5, 0.6) is 0 Å². The van der Waals surface area contributed by atoms with E-state index in [0.717, 1.165) is 48.6 Å². The first-order chi connectivity index (χ1) is 16.8. The van der Waals surface area contributed by atoms with Gasteiger partial charge in [-0.1, -0.05) is 23.1 Å². The molecule has 5 heterocycles. The number of carbonyl (C=O) groups is 1. The second-order valence-corrected chi connectivity index (χ2v) is 10.2. The molecule has 4 aliphatic rings. The number of aliphatic hydroxyl groups is 1. The molecule has 3 N–H and O–H groups in total. The van der Waals surface area contributed by atoms with Gasteiger partial charge < -0.3 is 19.9 Å². The van der Waals surface area contributed by atoms with Crippen LogP contribution in [0.2, 0.25) is 0 Å². The van der Waals surface area contributed by atoms with Gasteiger partial charge in [0.25, 0.3) is 5.91 Å². The molecule has 2 bridgehead atoms. The zero-order chi connectivity index (χ0) is 24.3. The lowest BCUT2D eigenvalue weighted by molar-refractivity contribution is 0.0993. The first-order valence-electron chi connectivity index (χ1n) is 12.3. The fourth-order valence-electron chi connectivity index (χ4n) is 5.64. The van der Waals surface area contributed by atoms with Crippen LogP contribution in [-0.2, 0) is 12.1 Å². The molecule has 8 heteroatoms. The number of carbonyl (C=O) groups excluding carboxylic acids is 1. The number of aromatic nitrogens is 3. The molecule has 35 heavy (non-hydrogen) atoms. The Bertz CT molecular complexity index is 1380. The van der Waals surface area contributed by atoms with E-state index < -0.39 is 11.5 Å². The van der Waals surface area contributed by atoms with Crippen molar-refractivity contribution in [3.8, 4) is 23.2 Å². The van der Waals surface area contributed by atoms with Crippen molar-refractivity contribution in [3.05, 3.63) is 58.2 Å². The van der Waals surface area contributed by atoms with Gasteiger partial charge in [-0.15, -0.1) is 0 Å². The van der Waals surface area contributed by atoms with E-state index >= 15 is 0 Å². The second kappa shape index (κ2) is 8.08. The molecule has 2 fully saturated rings. The van der Waals surface area contributed by atoms with E-state index in [2.05, 4.69) is 32.5 Å². The highest BCUT2D eigenvalue weighted by Crippen LogP contribution is 2.53. The highest BCUT2D eigenvalue weighted by molar-refractivity contribution is 5.93. The van der Waals surface area contributed by atoms with Crippen molar-refractivity contribution < 1.29 is 14.4 Å². The Morgan fingerprint density at radius 3 is 2.74 bits per heavy atom. The van der Waals surface area contributed by atoms with Crippen LogP contribution < -0.4 is 5.73 Å². The standard InChI is InChI=1S/C27H29N5O3/c1-16-11-23(30-35-16)27(2,34)8-7-17-5-6-20-18-13-19(14-18)32-22(15-31-9-3-4-10-31)24(25(28)33)29-26(32)21(20)12-17/h5-6,11-12,18-19,34H,3-4,9-10,13-15H2,1-2H3,(H2,28,33)/t18?,19?,27-/m1/s1. The monoisotopic (exact) mass is 471 g/mol. The number of hydrogen-bond acceptors (Lipinski definition) is 6. The number of rotatable bonds is 4. The molecule has 1 aromatic carbocycles. The summed E-state index contributed by atoms with van der Waals surface area (Å²) in [6.45, 7) is 6.14. The quantitative estimate of drug-likeness (QED) is 0.566. The molecule has 1 saturated heterocycles. The van der Waals surface area contributed by atoms with Gasteiger partial charge in [0.15, 0.2) is 11.3 Å². The number of aryl methyl sites for hydroxylation is 1. The number of nitrogens with zero attached hydrogens (tertiary/aromatic N) is 4. The topological polar surface area (TPSA) is 110 Å². The number of likely N-dealkylation sites (tertiary alicyclic amines) is 1. The van der Waals surface area contributed by atoms with Gasteiger partial charge in [-0.05, 0) is 76.2 Å². The first-order valence-corrected chi connectivity index (χ1v) is 12.3. The van der Waals surface area contributed by atoms with E-state index in [0.29, 0.717) is 35.7 Å². The summed E-state index contributed by atoms with van der Waals surface area (Å²) in [7, 11) is 0. The van der Waals surface area contributed by atoms with Gasteiger partial charge in [-0.3, -0.25) is 9.69 Å². The van der Waals surface area contributed by atoms with Crippen LogP contribution in [0.15, 0.2) is 28.8 Å². The molecule has 7 rings (SSSR count). The summed E-state index contributed by atoms with van der Waals surface area (Å²) in [4.78, 5) is 19.6. The summed E-state index contributed by atoms with van der Waals surface area (Å²) in [6.07, 6.45) is 4.43. The molecule has 1 amide bonds. The summed E-state index contributed by atoms with van der Waals surface area (Å²) in [5.74, 6) is 7.45. The molecule has 0 spiro atoms. The number of nitrogens with two attached hydrogens (primary N) is 1. The van der Waals surface area contributed by atoms with Crippen molar-refractivity contribution in [3.63, 3.8) is 0 Å². The summed E-state index contributed by atoms with van der Waals surface area (Å²) in [6, 6.07) is 8.14. The molecule has 0 radical (unpaired) electrons. The molecular formula is C27H29N5O3. The minimum absolute atomic E-state index is 0.325. The van der Waals surface area contributed by atoms with Gasteiger partial charge in [-0.2, -0.15) is 0 Å². The third-order valence-corrected chi connectivity index (χ3v) is 7.60. The van der Waals surface area contributed by atoms with Crippen LogP contribution in [-0.4, -0.2) is 43.7 Å². The van der Waals surface area contributed by atoms with E-state index in [1.54, 1.807) is 19.9 Å². The first kappa shape index (κ1) is 22.1. The molecule has 1 saturated carbocycles. The second-order valence-electron chi connectivity index (χ2n) is 10.2. The van der Waals surface area contributed by atoms with Crippen molar-refractivity contribution in [1.29, 1.82) is 0 Å². The fraction of sp³-hybridized carbons (Fsp3) is 0.444. The zero-order valence-electron chi connectivity index (χ0n) is 20.0. The SMILES string of the molecule is Cc1cc([C@](C)(O)C#Cc2ccc3c(c2)-c2nc(C(N)=O)c(CN4CCCC4)n2C2CC3C2)no1. The Morgan fingerprint density at radius 2 is 2.06 bits per heavy atom. The molecule has 8 nitrogen and oxygen atoms in total. The van der Waals surface area contributed by atoms with Crippen molar-refractivity contribution in [2.24, 2.45) is 5.73 Å². The maximum Gasteiger partial charge on any atom is 0.269 e. The Hall–Kier alpha value is -3.41. The average Bonchev–Trinajstić information content (AvgIpc) is 3.51. The van der Waals surface area contributed by atoms with Crippen LogP contribution in [0.25, 0.3) is 11.4 Å². The van der Waals surface area contributed by atoms with Crippen molar-refractivity contribution in [2.75, 3.05) is 13.1 Å². The maximum atomic E-state index is 12.4. The van der Waals surface area contributed by atoms with Crippen LogP contribution in [0, 0.1) is 18.8 Å². The third-order valence-electron chi connectivity index (χ3n) is 7.60. The summed E-state index contributed by atoms with van der Waals surface area (Å²) in [5, 5.41) is 14.7. The smallest absolute Gasteiger partial charge is 0.269 e. The predicted molar refractivity (Wildman–Crippen MR) is 129 cm³/mol. The Labute approximate surface area is 204 Å². The maximum absolute atomic E-state index is 12.4. The molecule has 180 valence electrons. The van der Waals surface area contributed by atoms with E-state index in [-0.39, 0.29) is 0 Å². The summed E-state index contributed by atoms with van der Waals surface area (Å²) >= 11 is 0. The zero-order valence-corrected chi connectivity index (χ0v) is 20.0. The predicted octanol–water partition coefficient (Wildman–Crippen LogP) is 3.23. The Kier molecular flexibility index (Phi) is 5.09. The van der Waals surface area contributed by atoms with Gasteiger partial charge in [-0.25, -0.2) is 4.98 Å². The molecule has 1 atom stereocenters. The normalized spacial score (nSPS) is 22.3. The van der Waals surface area contributed by atoms with Crippen molar-refractivity contribution in [1.82, 2.24) is 19.6 Å². The summed E-state index contributed by atoms with van der Waals surface area (Å²) in [5.41, 5.74) is 9.05. The molecular weight excluding hydrogens is 442 g/mol. The van der Waals surface area contributed by atoms with Crippen molar-refractivity contribution in [2.45, 2.75) is 63.6 Å². The highest BCUT2D eigenvalue weighted by atomic mass is 16.5.